The van der Waals surface area contributed by atoms with Crippen molar-refractivity contribution >= 4 is 0 Å². The highest BCUT2D eigenvalue weighted by atomic mass is 15.3. The number of hydrogen-bond acceptors (Lipinski definition) is 4. The van der Waals surface area contributed by atoms with Crippen molar-refractivity contribution in [3.05, 3.63) is 11.9 Å². The van der Waals surface area contributed by atoms with E-state index in [1.54, 1.807) is 0 Å². The van der Waals surface area contributed by atoms with Gasteiger partial charge in [-0.3, -0.25) is 4.90 Å². The summed E-state index contributed by atoms with van der Waals surface area (Å²) in [5.41, 5.74) is 10.8. The smallest absolute Gasteiger partial charge is 0.0905 e. The topological polar surface area (TPSA) is 58.5 Å². The minimum atomic E-state index is 0.436. The van der Waals surface area contributed by atoms with Gasteiger partial charge in [0.05, 0.1) is 5.82 Å². The highest BCUT2D eigenvalue weighted by Crippen LogP contribution is 2.04. The van der Waals surface area contributed by atoms with Crippen LogP contribution in [0.3, 0.4) is 0 Å². The van der Waals surface area contributed by atoms with Crippen LogP contribution in [-0.2, 0) is 0 Å². The van der Waals surface area contributed by atoms with Crippen LogP contribution in [0, 0.1) is 0 Å². The second-order valence-electron chi connectivity index (χ2n) is 4.55. The second kappa shape index (κ2) is 7.52. The third-order valence-corrected chi connectivity index (χ3v) is 3.13. The minimum Gasteiger partial charge on any atom is -0.386 e. The molecule has 94 valence electrons. The minimum absolute atomic E-state index is 0.436. The summed E-state index contributed by atoms with van der Waals surface area (Å²) in [5.74, 6) is 0.436. The van der Waals surface area contributed by atoms with Crippen LogP contribution in [0.4, 0.5) is 0 Å². The molecule has 1 heterocycles. The van der Waals surface area contributed by atoms with Crippen molar-refractivity contribution < 1.29 is 0 Å². The molecule has 0 aromatic heterocycles. The maximum atomic E-state index is 5.42. The van der Waals surface area contributed by atoms with Gasteiger partial charge in [0.25, 0.3) is 0 Å². The summed E-state index contributed by atoms with van der Waals surface area (Å²) in [7, 11) is 0. The summed E-state index contributed by atoms with van der Waals surface area (Å²) in [5, 5.41) is 0. The fourth-order valence-corrected chi connectivity index (χ4v) is 2.02. The van der Waals surface area contributed by atoms with Crippen LogP contribution in [0.15, 0.2) is 11.9 Å². The van der Waals surface area contributed by atoms with Crippen molar-refractivity contribution in [1.29, 1.82) is 0 Å². The molecule has 0 aromatic rings. The highest BCUT2D eigenvalue weighted by molar-refractivity contribution is 4.92. The van der Waals surface area contributed by atoms with Gasteiger partial charge >= 0.3 is 0 Å². The number of hydrogen-bond donors (Lipinski definition) is 2. The molecule has 4 heteroatoms. The first kappa shape index (κ1) is 13.3. The summed E-state index contributed by atoms with van der Waals surface area (Å²) in [4.78, 5) is 4.96. The van der Waals surface area contributed by atoms with Crippen molar-refractivity contribution in [2.75, 3.05) is 39.3 Å². The number of rotatable bonds is 6. The molecule has 4 N–H and O–H groups in total. The first-order valence-electron chi connectivity index (χ1n) is 6.38. The normalized spacial score (nSPS) is 18.6. The van der Waals surface area contributed by atoms with E-state index in [0.717, 1.165) is 19.6 Å². The predicted molar refractivity (Wildman–Crippen MR) is 68.9 cm³/mol. The average molecular weight is 226 g/mol. The van der Waals surface area contributed by atoms with E-state index in [-0.39, 0.29) is 0 Å². The van der Waals surface area contributed by atoms with Gasteiger partial charge in [0, 0.05) is 32.7 Å². The molecule has 0 amide bonds. The van der Waals surface area contributed by atoms with E-state index >= 15 is 0 Å². The van der Waals surface area contributed by atoms with E-state index in [0.29, 0.717) is 5.82 Å². The lowest BCUT2D eigenvalue weighted by atomic mass is 10.2. The Kier molecular flexibility index (Phi) is 6.26. The van der Waals surface area contributed by atoms with Crippen molar-refractivity contribution in [2.45, 2.75) is 26.2 Å². The van der Waals surface area contributed by atoms with Gasteiger partial charge in [0.15, 0.2) is 0 Å². The Balaban J connectivity index is 2.11. The zero-order chi connectivity index (χ0) is 11.8. The van der Waals surface area contributed by atoms with Gasteiger partial charge in [0.1, 0.15) is 0 Å². The third-order valence-electron chi connectivity index (χ3n) is 3.13. The largest absolute Gasteiger partial charge is 0.386 e. The van der Waals surface area contributed by atoms with Gasteiger partial charge in [-0.25, -0.2) is 0 Å². The molecule has 1 aliphatic heterocycles. The molecule has 1 rings (SSSR count). The quantitative estimate of drug-likeness (QED) is 0.650. The molecule has 1 fully saturated rings. The summed E-state index contributed by atoms with van der Waals surface area (Å²) < 4.78 is 0. The summed E-state index contributed by atoms with van der Waals surface area (Å²) in [6.07, 6.45) is 5.89. The second-order valence-corrected chi connectivity index (χ2v) is 4.55. The van der Waals surface area contributed by atoms with Crippen LogP contribution in [0.2, 0.25) is 0 Å². The monoisotopic (exact) mass is 226 g/mol. The Morgan fingerprint density at radius 2 is 1.69 bits per heavy atom. The first-order chi connectivity index (χ1) is 7.72. The predicted octanol–water partition coefficient (Wildman–Crippen LogP) is 0.553. The van der Waals surface area contributed by atoms with E-state index in [2.05, 4.69) is 16.7 Å². The van der Waals surface area contributed by atoms with Crippen LogP contribution in [0.5, 0.6) is 0 Å². The summed E-state index contributed by atoms with van der Waals surface area (Å²) in [6.45, 7) is 9.04. The molecule has 1 saturated heterocycles. The van der Waals surface area contributed by atoms with Crippen LogP contribution >= 0.6 is 0 Å². The maximum absolute atomic E-state index is 5.42. The number of unbranched alkanes of at least 4 members (excludes halogenated alkanes) is 2. The molecule has 0 saturated carbocycles. The van der Waals surface area contributed by atoms with Gasteiger partial charge < -0.3 is 16.4 Å². The van der Waals surface area contributed by atoms with Gasteiger partial charge in [-0.05, 0) is 19.0 Å². The van der Waals surface area contributed by atoms with Crippen molar-refractivity contribution in [1.82, 2.24) is 9.80 Å². The molecule has 0 radical (unpaired) electrons. The van der Waals surface area contributed by atoms with Gasteiger partial charge in [-0.2, -0.15) is 0 Å². The summed E-state index contributed by atoms with van der Waals surface area (Å²) in [6, 6.07) is 0. The lowest BCUT2D eigenvalue weighted by Crippen LogP contribution is -2.46. The fourth-order valence-electron chi connectivity index (χ4n) is 2.02. The third kappa shape index (κ3) is 5.37. The Hall–Kier alpha value is -0.740. The average Bonchev–Trinajstić information content (AvgIpc) is 2.28. The van der Waals surface area contributed by atoms with Crippen molar-refractivity contribution in [2.24, 2.45) is 11.5 Å². The van der Waals surface area contributed by atoms with E-state index in [1.807, 2.05) is 6.08 Å². The molecule has 4 nitrogen and oxygen atoms in total. The van der Waals surface area contributed by atoms with Gasteiger partial charge in [-0.1, -0.05) is 19.8 Å². The van der Waals surface area contributed by atoms with Crippen molar-refractivity contribution in [3.63, 3.8) is 0 Å². The zero-order valence-electron chi connectivity index (χ0n) is 10.5. The molecule has 0 spiro atoms. The Morgan fingerprint density at radius 3 is 2.25 bits per heavy atom. The van der Waals surface area contributed by atoms with Crippen LogP contribution in [-0.4, -0.2) is 49.1 Å². The van der Waals surface area contributed by atoms with Crippen LogP contribution in [0.25, 0.3) is 0 Å². The lowest BCUT2D eigenvalue weighted by molar-refractivity contribution is 0.140. The van der Waals surface area contributed by atoms with E-state index < -0.39 is 0 Å². The van der Waals surface area contributed by atoms with E-state index in [1.165, 1.54) is 38.9 Å². The van der Waals surface area contributed by atoms with Gasteiger partial charge in [0.2, 0.25) is 0 Å². The number of nitrogens with zero attached hydrogens (tertiary/aromatic N) is 2. The number of piperazine rings is 1. The van der Waals surface area contributed by atoms with Crippen LogP contribution in [0.1, 0.15) is 26.2 Å². The van der Waals surface area contributed by atoms with Gasteiger partial charge in [-0.15, -0.1) is 0 Å². The maximum Gasteiger partial charge on any atom is 0.0905 e. The molecule has 16 heavy (non-hydrogen) atoms. The number of nitrogens with two attached hydrogens (primary N) is 2. The van der Waals surface area contributed by atoms with E-state index in [9.17, 15) is 0 Å². The Labute approximate surface area is 99.3 Å². The van der Waals surface area contributed by atoms with Crippen molar-refractivity contribution in [3.8, 4) is 0 Å². The molecule has 0 unspecified atom stereocenters. The Morgan fingerprint density at radius 1 is 1.06 bits per heavy atom. The molecule has 0 aliphatic carbocycles. The lowest BCUT2D eigenvalue weighted by Gasteiger charge is -2.34. The summed E-state index contributed by atoms with van der Waals surface area (Å²) >= 11 is 0. The van der Waals surface area contributed by atoms with E-state index in [4.69, 9.17) is 11.5 Å². The molecule has 1 aliphatic rings. The molecule has 0 atom stereocenters. The highest BCUT2D eigenvalue weighted by Gasteiger charge is 2.14. The Bertz CT molecular complexity index is 203. The molecule has 0 bridgehead atoms. The standard InChI is InChI=1S/C12H26N4/c1-2-3-4-6-15-8-10-16(11-9-15)7-5-12(13)14/h5H,2-4,6-11,13-14H2,1H3. The first-order valence-corrected chi connectivity index (χ1v) is 6.38. The van der Waals surface area contributed by atoms with Crippen LogP contribution < -0.4 is 11.5 Å². The fraction of sp³-hybridized carbons (Fsp3) is 0.833. The molecule has 0 aromatic carbocycles. The zero-order valence-corrected chi connectivity index (χ0v) is 10.5. The SMILES string of the molecule is CCCCCN1CCN(CC=C(N)N)CC1. The molecular formula is C12H26N4. The molecular weight excluding hydrogens is 200 g/mol.